The van der Waals surface area contributed by atoms with Crippen LogP contribution < -0.4 is 5.32 Å². The monoisotopic (exact) mass is 284 g/mol. The van der Waals surface area contributed by atoms with Crippen molar-refractivity contribution in [3.05, 3.63) is 29.0 Å². The largest absolute Gasteiger partial charge is 0.373 e. The molecule has 1 aliphatic rings. The van der Waals surface area contributed by atoms with E-state index in [1.807, 2.05) is 6.92 Å². The third-order valence-corrected chi connectivity index (χ3v) is 3.26. The van der Waals surface area contributed by atoms with E-state index in [2.05, 4.69) is 5.32 Å². The number of hydrogen-bond acceptors (Lipinski definition) is 3. The topological polar surface area (TPSA) is 49.4 Å². The summed E-state index contributed by atoms with van der Waals surface area (Å²) in [5, 5.41) is 2.89. The number of carbonyl (C=O) groups is 2. The van der Waals surface area contributed by atoms with Crippen molar-refractivity contribution < 1.29 is 14.0 Å². The SMILES string of the molecule is CCCN1C(=O)CC(Nc2ccc(Cl)c(F)c2)C1=O. The maximum atomic E-state index is 13.3. The van der Waals surface area contributed by atoms with Gasteiger partial charge in [0.25, 0.3) is 5.91 Å². The second-order valence-electron chi connectivity index (χ2n) is 4.41. The summed E-state index contributed by atoms with van der Waals surface area (Å²) >= 11 is 5.58. The molecule has 1 saturated heterocycles. The highest BCUT2D eigenvalue weighted by Gasteiger charge is 2.37. The minimum absolute atomic E-state index is 0.0204. The van der Waals surface area contributed by atoms with E-state index in [0.29, 0.717) is 12.2 Å². The van der Waals surface area contributed by atoms with Crippen LogP contribution in [0.1, 0.15) is 19.8 Å². The van der Waals surface area contributed by atoms with Crippen molar-refractivity contribution >= 4 is 29.1 Å². The van der Waals surface area contributed by atoms with Gasteiger partial charge in [-0.1, -0.05) is 18.5 Å². The number of hydrogen-bond donors (Lipinski definition) is 1. The van der Waals surface area contributed by atoms with Crippen LogP contribution in [0, 0.1) is 5.82 Å². The third-order valence-electron chi connectivity index (χ3n) is 2.95. The summed E-state index contributed by atoms with van der Waals surface area (Å²) in [5.41, 5.74) is 0.436. The molecule has 102 valence electrons. The minimum atomic E-state index is -0.625. The molecule has 0 radical (unpaired) electrons. The molecule has 1 atom stereocenters. The Labute approximate surface area is 115 Å². The molecule has 1 heterocycles. The Morgan fingerprint density at radius 2 is 2.21 bits per heavy atom. The maximum absolute atomic E-state index is 13.3. The lowest BCUT2D eigenvalue weighted by molar-refractivity contribution is -0.138. The van der Waals surface area contributed by atoms with Crippen LogP contribution in [0.25, 0.3) is 0 Å². The molecule has 1 aromatic rings. The molecule has 0 bridgehead atoms. The van der Waals surface area contributed by atoms with E-state index in [0.717, 1.165) is 6.42 Å². The fourth-order valence-corrected chi connectivity index (χ4v) is 2.16. The first kappa shape index (κ1) is 13.8. The highest BCUT2D eigenvalue weighted by atomic mass is 35.5. The Morgan fingerprint density at radius 1 is 1.47 bits per heavy atom. The summed E-state index contributed by atoms with van der Waals surface area (Å²) in [4.78, 5) is 24.9. The quantitative estimate of drug-likeness (QED) is 0.864. The van der Waals surface area contributed by atoms with E-state index in [1.54, 1.807) is 6.07 Å². The number of likely N-dealkylation sites (tertiary alicyclic amines) is 1. The number of nitrogens with zero attached hydrogens (tertiary/aromatic N) is 1. The molecule has 1 unspecified atom stereocenters. The summed E-state index contributed by atoms with van der Waals surface area (Å²) < 4.78 is 13.3. The van der Waals surface area contributed by atoms with Gasteiger partial charge < -0.3 is 5.32 Å². The molecule has 0 aromatic heterocycles. The summed E-state index contributed by atoms with van der Waals surface area (Å²) in [5.74, 6) is -1.02. The number of anilines is 1. The Balaban J connectivity index is 2.09. The summed E-state index contributed by atoms with van der Waals surface area (Å²) in [6.07, 6.45) is 0.822. The molecule has 19 heavy (non-hydrogen) atoms. The van der Waals surface area contributed by atoms with E-state index in [-0.39, 0.29) is 23.3 Å². The van der Waals surface area contributed by atoms with Gasteiger partial charge in [0.1, 0.15) is 11.9 Å². The van der Waals surface area contributed by atoms with Crippen LogP contribution in [0.15, 0.2) is 18.2 Å². The molecular formula is C13H14ClFN2O2. The van der Waals surface area contributed by atoms with Gasteiger partial charge in [-0.15, -0.1) is 0 Å². The average molecular weight is 285 g/mol. The first-order chi connectivity index (χ1) is 9.02. The van der Waals surface area contributed by atoms with Crippen molar-refractivity contribution in [2.24, 2.45) is 0 Å². The van der Waals surface area contributed by atoms with Gasteiger partial charge in [-0.2, -0.15) is 0 Å². The average Bonchev–Trinajstić information content (AvgIpc) is 2.62. The molecule has 0 aliphatic carbocycles. The minimum Gasteiger partial charge on any atom is -0.373 e. The van der Waals surface area contributed by atoms with Gasteiger partial charge in [-0.25, -0.2) is 4.39 Å². The summed E-state index contributed by atoms with van der Waals surface area (Å²) in [6.45, 7) is 2.32. The van der Waals surface area contributed by atoms with Gasteiger partial charge in [0, 0.05) is 12.2 Å². The zero-order valence-electron chi connectivity index (χ0n) is 10.5. The second-order valence-corrected chi connectivity index (χ2v) is 4.82. The molecule has 4 nitrogen and oxygen atoms in total. The van der Waals surface area contributed by atoms with Crippen LogP contribution in [0.5, 0.6) is 0 Å². The number of rotatable bonds is 4. The number of amides is 2. The van der Waals surface area contributed by atoms with Crippen molar-refractivity contribution in [2.75, 3.05) is 11.9 Å². The molecule has 1 aromatic carbocycles. The molecular weight excluding hydrogens is 271 g/mol. The normalized spacial score (nSPS) is 19.1. The van der Waals surface area contributed by atoms with Crippen LogP contribution in [0.2, 0.25) is 5.02 Å². The van der Waals surface area contributed by atoms with E-state index in [4.69, 9.17) is 11.6 Å². The molecule has 1 fully saturated rings. The van der Waals surface area contributed by atoms with Crippen molar-refractivity contribution in [1.29, 1.82) is 0 Å². The third kappa shape index (κ3) is 2.87. The first-order valence-corrected chi connectivity index (χ1v) is 6.46. The molecule has 1 aliphatic heterocycles. The molecule has 1 N–H and O–H groups in total. The Kier molecular flexibility index (Phi) is 4.04. The summed E-state index contributed by atoms with van der Waals surface area (Å²) in [6, 6.07) is 3.57. The van der Waals surface area contributed by atoms with E-state index < -0.39 is 11.9 Å². The van der Waals surface area contributed by atoms with Crippen LogP contribution in [0.4, 0.5) is 10.1 Å². The van der Waals surface area contributed by atoms with Crippen LogP contribution in [-0.4, -0.2) is 29.3 Å². The Hall–Kier alpha value is -1.62. The van der Waals surface area contributed by atoms with E-state index in [1.165, 1.54) is 17.0 Å². The second kappa shape index (κ2) is 5.57. The van der Waals surface area contributed by atoms with Crippen LogP contribution in [-0.2, 0) is 9.59 Å². The van der Waals surface area contributed by atoms with Gasteiger partial charge in [0.2, 0.25) is 5.91 Å². The highest BCUT2D eigenvalue weighted by molar-refractivity contribution is 6.30. The lowest BCUT2D eigenvalue weighted by atomic mass is 10.2. The highest BCUT2D eigenvalue weighted by Crippen LogP contribution is 2.22. The lowest BCUT2D eigenvalue weighted by Gasteiger charge is -2.15. The van der Waals surface area contributed by atoms with Crippen molar-refractivity contribution in [2.45, 2.75) is 25.8 Å². The molecule has 2 amide bonds. The molecule has 6 heteroatoms. The van der Waals surface area contributed by atoms with Crippen molar-refractivity contribution in [3.8, 4) is 0 Å². The van der Waals surface area contributed by atoms with Crippen molar-refractivity contribution in [1.82, 2.24) is 4.90 Å². The predicted octanol–water partition coefficient (Wildman–Crippen LogP) is 2.43. The maximum Gasteiger partial charge on any atom is 0.252 e. The first-order valence-electron chi connectivity index (χ1n) is 6.08. The predicted molar refractivity (Wildman–Crippen MR) is 70.4 cm³/mol. The fourth-order valence-electron chi connectivity index (χ4n) is 2.04. The Bertz CT molecular complexity index is 521. The Morgan fingerprint density at radius 3 is 2.84 bits per heavy atom. The number of imide groups is 1. The van der Waals surface area contributed by atoms with E-state index >= 15 is 0 Å². The van der Waals surface area contributed by atoms with Gasteiger partial charge >= 0.3 is 0 Å². The molecule has 0 saturated carbocycles. The molecule has 2 rings (SSSR count). The zero-order valence-corrected chi connectivity index (χ0v) is 11.2. The van der Waals surface area contributed by atoms with Crippen molar-refractivity contribution in [3.63, 3.8) is 0 Å². The van der Waals surface area contributed by atoms with Crippen LogP contribution >= 0.6 is 11.6 Å². The number of halogens is 2. The summed E-state index contributed by atoms with van der Waals surface area (Å²) in [7, 11) is 0. The van der Waals surface area contributed by atoms with E-state index in [9.17, 15) is 14.0 Å². The lowest BCUT2D eigenvalue weighted by Crippen LogP contribution is -2.35. The molecule has 0 spiro atoms. The van der Waals surface area contributed by atoms with Crippen LogP contribution in [0.3, 0.4) is 0 Å². The number of nitrogens with one attached hydrogen (secondary N) is 1. The zero-order chi connectivity index (χ0) is 14.0. The van der Waals surface area contributed by atoms with Gasteiger partial charge in [-0.3, -0.25) is 14.5 Å². The number of benzene rings is 1. The van der Waals surface area contributed by atoms with Gasteiger partial charge in [-0.05, 0) is 24.6 Å². The van der Waals surface area contributed by atoms with Gasteiger partial charge in [0.15, 0.2) is 0 Å². The smallest absolute Gasteiger partial charge is 0.252 e. The standard InChI is InChI=1S/C13H14ClFN2O2/c1-2-5-17-12(18)7-11(13(17)19)16-8-3-4-9(14)10(15)6-8/h3-4,6,11,16H,2,5,7H2,1H3. The fraction of sp³-hybridized carbons (Fsp3) is 0.385. The number of carbonyl (C=O) groups excluding carboxylic acids is 2. The van der Waals surface area contributed by atoms with Gasteiger partial charge in [0.05, 0.1) is 11.4 Å².